The number of nitrogens with one attached hydrogen (secondary N) is 6. The molecule has 1 fully saturated rings. The van der Waals surface area contributed by atoms with E-state index in [-0.39, 0.29) is 18.1 Å². The lowest BCUT2D eigenvalue weighted by Gasteiger charge is -2.33. The fraction of sp³-hybridized carbons (Fsp3) is 0.625. The molecule has 14 nitrogen and oxygen atoms in total. The zero-order chi connectivity index (χ0) is 30.2. The summed E-state index contributed by atoms with van der Waals surface area (Å²) >= 11 is 0. The average molecular weight is 599 g/mol. The molecule has 1 aliphatic heterocycles. The van der Waals surface area contributed by atoms with Crippen LogP contribution in [0.25, 0.3) is 0 Å². The van der Waals surface area contributed by atoms with Crippen LogP contribution >= 0.6 is 21.6 Å². The van der Waals surface area contributed by atoms with Crippen LogP contribution in [0.3, 0.4) is 0 Å². The van der Waals surface area contributed by atoms with E-state index >= 15 is 0 Å². The third-order valence-corrected chi connectivity index (χ3v) is 9.38. The molecule has 16 heteroatoms. The summed E-state index contributed by atoms with van der Waals surface area (Å²) < 4.78 is -0.948. The number of nitrogens with zero attached hydrogens (tertiary/aromatic N) is 1. The molecule has 1 aromatic heterocycles. The molecule has 40 heavy (non-hydrogen) atoms. The number of primary amides is 1. The van der Waals surface area contributed by atoms with Gasteiger partial charge in [-0.2, -0.15) is 0 Å². The molecular formula is C24H38N8O6S2. The van der Waals surface area contributed by atoms with Gasteiger partial charge in [-0.3, -0.25) is 28.8 Å². The second-order valence-electron chi connectivity index (χ2n) is 10.4. The minimum absolute atomic E-state index is 0.0327. The van der Waals surface area contributed by atoms with Crippen molar-refractivity contribution in [1.29, 1.82) is 0 Å². The predicted octanol–water partition coefficient (Wildman–Crippen LogP) is -1.27. The normalized spacial score (nSPS) is 27.0. The second kappa shape index (κ2) is 14.4. The Morgan fingerprint density at radius 3 is 2.30 bits per heavy atom. The molecule has 0 saturated carbocycles. The highest BCUT2D eigenvalue weighted by atomic mass is 33.1. The number of imidazole rings is 1. The van der Waals surface area contributed by atoms with Gasteiger partial charge in [0.25, 0.3) is 0 Å². The van der Waals surface area contributed by atoms with Gasteiger partial charge in [-0.15, -0.1) is 0 Å². The number of carbonyl (C=O) groups excluding carboxylic acids is 6. The Balaban J connectivity index is 2.46. The molecule has 1 aromatic rings. The molecule has 0 radical (unpaired) electrons. The Hall–Kier alpha value is -3.27. The third kappa shape index (κ3) is 9.43. The number of rotatable bonds is 5. The van der Waals surface area contributed by atoms with E-state index in [2.05, 4.69) is 36.6 Å². The summed E-state index contributed by atoms with van der Waals surface area (Å²) in [6, 6.07) is -5.39. The number of aromatic amines is 1. The second-order valence-corrected chi connectivity index (χ2v) is 13.4. The van der Waals surface area contributed by atoms with Crippen molar-refractivity contribution in [3.63, 3.8) is 0 Å². The Bertz CT molecular complexity index is 1100. The van der Waals surface area contributed by atoms with Gasteiger partial charge in [0.15, 0.2) is 0 Å². The molecular weight excluding hydrogens is 560 g/mol. The van der Waals surface area contributed by atoms with Gasteiger partial charge < -0.3 is 37.3 Å². The van der Waals surface area contributed by atoms with E-state index in [1.54, 1.807) is 27.7 Å². The van der Waals surface area contributed by atoms with E-state index in [1.165, 1.54) is 48.0 Å². The van der Waals surface area contributed by atoms with E-state index in [0.29, 0.717) is 5.69 Å². The highest BCUT2D eigenvalue weighted by molar-refractivity contribution is 8.77. The van der Waals surface area contributed by atoms with Gasteiger partial charge in [0.2, 0.25) is 35.4 Å². The number of carbonyl (C=O) groups is 6. The van der Waals surface area contributed by atoms with Crippen LogP contribution in [-0.4, -0.2) is 86.1 Å². The van der Waals surface area contributed by atoms with Crippen LogP contribution in [0.15, 0.2) is 12.5 Å². The van der Waals surface area contributed by atoms with Crippen molar-refractivity contribution in [2.45, 2.75) is 82.9 Å². The molecule has 1 saturated heterocycles. The number of amides is 6. The van der Waals surface area contributed by atoms with E-state index in [4.69, 9.17) is 5.73 Å². The van der Waals surface area contributed by atoms with Gasteiger partial charge in [-0.1, -0.05) is 35.4 Å². The number of H-pyrrole nitrogens is 1. The summed E-state index contributed by atoms with van der Waals surface area (Å²) in [5, 5.41) is 13.1. The first-order valence-electron chi connectivity index (χ1n) is 12.7. The van der Waals surface area contributed by atoms with Crippen molar-refractivity contribution in [3.05, 3.63) is 18.2 Å². The molecule has 2 rings (SSSR count). The Kier molecular flexibility index (Phi) is 11.8. The minimum atomic E-state index is -1.13. The summed E-state index contributed by atoms with van der Waals surface area (Å²) in [7, 11) is 2.38. The van der Waals surface area contributed by atoms with Crippen molar-refractivity contribution < 1.29 is 28.8 Å². The van der Waals surface area contributed by atoms with Crippen molar-refractivity contribution in [2.75, 3.05) is 5.75 Å². The maximum absolute atomic E-state index is 13.3. The van der Waals surface area contributed by atoms with Gasteiger partial charge in [0, 0.05) is 35.7 Å². The molecule has 0 aromatic carbocycles. The zero-order valence-electron chi connectivity index (χ0n) is 23.3. The predicted molar refractivity (Wildman–Crippen MR) is 151 cm³/mol. The average Bonchev–Trinajstić information content (AvgIpc) is 3.36. The van der Waals surface area contributed by atoms with E-state index < -0.39 is 70.4 Å². The standard InChI is InChI=1S/C24H38N8O6S2/c1-11(2)17-23(38)32-18(19(25)34)24(5,6)40-39-9-16(29-13(4)33)22(37)30-15(7-14-8-26-10-27-14)21(36)28-12(3)20(35)31-17/h8,10-12,15-18H,7,9H2,1-6H3,(H2,25,34)(H,26,27)(H,28,36)(H,29,33)(H,30,37)(H,31,35)(H,32,38)/t12?,15?,16-,17?,18?/m0/s1. The number of hydrogen-bond acceptors (Lipinski definition) is 9. The van der Waals surface area contributed by atoms with Crippen LogP contribution in [0.2, 0.25) is 0 Å². The van der Waals surface area contributed by atoms with Crippen LogP contribution in [0, 0.1) is 5.92 Å². The molecule has 222 valence electrons. The smallest absolute Gasteiger partial charge is 0.244 e. The van der Waals surface area contributed by atoms with Gasteiger partial charge in [0.1, 0.15) is 30.2 Å². The van der Waals surface area contributed by atoms with Crippen LogP contribution < -0.4 is 32.3 Å². The lowest BCUT2D eigenvalue weighted by molar-refractivity contribution is -0.135. The lowest BCUT2D eigenvalue weighted by Crippen LogP contribution is -2.61. The maximum atomic E-state index is 13.3. The lowest BCUT2D eigenvalue weighted by atomic mass is 9.99. The number of aromatic nitrogens is 2. The van der Waals surface area contributed by atoms with Crippen LogP contribution in [-0.2, 0) is 35.2 Å². The molecule has 4 unspecified atom stereocenters. The Morgan fingerprint density at radius 1 is 1.07 bits per heavy atom. The van der Waals surface area contributed by atoms with Gasteiger partial charge in [-0.25, -0.2) is 4.98 Å². The van der Waals surface area contributed by atoms with Crippen LogP contribution in [0.5, 0.6) is 0 Å². The van der Waals surface area contributed by atoms with Gasteiger partial charge in [0.05, 0.1) is 6.33 Å². The molecule has 8 N–H and O–H groups in total. The fourth-order valence-electron chi connectivity index (χ4n) is 3.84. The first-order chi connectivity index (χ1) is 18.6. The Morgan fingerprint density at radius 2 is 1.75 bits per heavy atom. The Labute approximate surface area is 240 Å². The van der Waals surface area contributed by atoms with Crippen molar-refractivity contribution in [1.82, 2.24) is 36.6 Å². The largest absolute Gasteiger partial charge is 0.368 e. The van der Waals surface area contributed by atoms with Gasteiger partial charge >= 0.3 is 0 Å². The highest BCUT2D eigenvalue weighted by Crippen LogP contribution is 2.38. The fourth-order valence-corrected chi connectivity index (χ4v) is 6.67. The number of nitrogens with two attached hydrogens (primary N) is 1. The topological polar surface area (TPSA) is 217 Å². The highest BCUT2D eigenvalue weighted by Gasteiger charge is 2.39. The van der Waals surface area contributed by atoms with E-state index in [1.807, 2.05) is 0 Å². The molecule has 0 aliphatic carbocycles. The number of hydrogen-bond donors (Lipinski definition) is 7. The SMILES string of the molecule is CC(=O)N[C@H]1CSSC(C)(C)C(C(N)=O)NC(=O)C(C(C)C)NC(=O)C(C)NC(=O)C(Cc2cnc[nH]2)NC1=O. The van der Waals surface area contributed by atoms with Crippen molar-refractivity contribution >= 4 is 57.0 Å². The van der Waals surface area contributed by atoms with Crippen LogP contribution in [0.4, 0.5) is 0 Å². The summed E-state index contributed by atoms with van der Waals surface area (Å²) in [5.41, 5.74) is 6.20. The maximum Gasteiger partial charge on any atom is 0.244 e. The van der Waals surface area contributed by atoms with Crippen LogP contribution in [0.1, 0.15) is 47.2 Å². The monoisotopic (exact) mass is 598 g/mol. The molecule has 0 spiro atoms. The summed E-state index contributed by atoms with van der Waals surface area (Å²) in [6.45, 7) is 9.56. The van der Waals surface area contributed by atoms with Crippen molar-refractivity contribution in [3.8, 4) is 0 Å². The first kappa shape index (κ1) is 32.9. The summed E-state index contributed by atoms with van der Waals surface area (Å²) in [5.74, 6) is -4.07. The summed E-state index contributed by atoms with van der Waals surface area (Å²) in [4.78, 5) is 83.8. The molecule has 0 bridgehead atoms. The van der Waals surface area contributed by atoms with Crippen molar-refractivity contribution in [2.24, 2.45) is 11.7 Å². The van der Waals surface area contributed by atoms with E-state index in [9.17, 15) is 28.8 Å². The summed E-state index contributed by atoms with van der Waals surface area (Å²) in [6.07, 6.45) is 2.96. The quantitative estimate of drug-likeness (QED) is 0.201. The molecule has 1 aliphatic rings. The third-order valence-electron chi connectivity index (χ3n) is 6.08. The first-order valence-corrected chi connectivity index (χ1v) is 15.0. The molecule has 5 atom stereocenters. The van der Waals surface area contributed by atoms with Gasteiger partial charge in [-0.05, 0) is 26.7 Å². The molecule has 6 amide bonds. The van der Waals surface area contributed by atoms with E-state index in [0.717, 1.165) is 0 Å². The minimum Gasteiger partial charge on any atom is -0.368 e. The molecule has 2 heterocycles. The zero-order valence-corrected chi connectivity index (χ0v) is 25.0.